The van der Waals surface area contributed by atoms with Gasteiger partial charge in [-0.1, -0.05) is 51.1 Å². The molecule has 2 unspecified atom stereocenters. The molecule has 3 amide bonds. The van der Waals surface area contributed by atoms with Crippen LogP contribution in [-0.2, 0) is 36.9 Å². The molecule has 3 aromatic heterocycles. The van der Waals surface area contributed by atoms with Gasteiger partial charge in [0.25, 0.3) is 0 Å². The van der Waals surface area contributed by atoms with Crippen molar-refractivity contribution in [3.05, 3.63) is 66.8 Å². The maximum atomic E-state index is 14.1. The molecule has 0 bridgehead atoms. The zero-order chi connectivity index (χ0) is 43.8. The highest BCUT2D eigenvalue weighted by molar-refractivity contribution is 6.00. The largest absolute Gasteiger partial charge is 0.453 e. The van der Waals surface area contributed by atoms with Gasteiger partial charge >= 0.3 is 6.09 Å². The lowest BCUT2D eigenvalue weighted by Crippen LogP contribution is -2.55. The average molecular weight is 851 g/mol. The molecule has 0 radical (unpaired) electrons. The van der Waals surface area contributed by atoms with Gasteiger partial charge in [-0.3, -0.25) is 9.59 Å². The third-order valence-electron chi connectivity index (χ3n) is 12.4. The molecule has 5 aromatic rings. The van der Waals surface area contributed by atoms with Gasteiger partial charge in [-0.15, -0.1) is 0 Å². The van der Waals surface area contributed by atoms with E-state index in [1.165, 1.54) is 7.11 Å². The number of hydrogen-bond acceptors (Lipinski definition) is 10. The Morgan fingerprint density at radius 2 is 1.39 bits per heavy atom. The SMILES string of the molecule is CC[C@H](C)N(Cc1ncc(-c2ccc(-c3ccc(-c4cnc(CN(CC(C)C)C(=O)C(NC)C5CCOCC5)[nH]4)c4nc[nH]c34)cc2)[nH]1)C(=O)C(NC(=O)OC)C1CCOCC1. The number of methoxy groups -OCH3 is 1. The number of amides is 3. The highest BCUT2D eigenvalue weighted by Gasteiger charge is 2.36. The van der Waals surface area contributed by atoms with Crippen molar-refractivity contribution >= 4 is 28.9 Å². The van der Waals surface area contributed by atoms with Crippen molar-refractivity contribution in [1.82, 2.24) is 50.3 Å². The molecule has 2 fully saturated rings. The number of aromatic amines is 3. The summed E-state index contributed by atoms with van der Waals surface area (Å²) in [6.07, 6.45) is 8.50. The molecule has 0 aliphatic carbocycles. The minimum Gasteiger partial charge on any atom is -0.453 e. The molecule has 3 atom stereocenters. The minimum atomic E-state index is -0.726. The molecule has 62 heavy (non-hydrogen) atoms. The molecular weight excluding hydrogens is 789 g/mol. The molecule has 16 nitrogen and oxygen atoms in total. The Hall–Kier alpha value is -5.58. The molecule has 0 saturated carbocycles. The zero-order valence-corrected chi connectivity index (χ0v) is 36.8. The summed E-state index contributed by atoms with van der Waals surface area (Å²) in [5.74, 6) is 1.77. The van der Waals surface area contributed by atoms with Gasteiger partial charge in [0.1, 0.15) is 17.7 Å². The molecule has 16 heteroatoms. The highest BCUT2D eigenvalue weighted by Crippen LogP contribution is 2.34. The molecule has 0 spiro atoms. The van der Waals surface area contributed by atoms with Crippen molar-refractivity contribution in [1.29, 1.82) is 0 Å². The number of benzene rings is 2. The van der Waals surface area contributed by atoms with E-state index in [1.54, 1.807) is 17.4 Å². The first-order valence-corrected chi connectivity index (χ1v) is 22.0. The van der Waals surface area contributed by atoms with Crippen LogP contribution in [0.4, 0.5) is 4.79 Å². The van der Waals surface area contributed by atoms with Crippen LogP contribution in [0.25, 0.3) is 44.7 Å². The lowest BCUT2D eigenvalue weighted by Gasteiger charge is -2.36. The van der Waals surface area contributed by atoms with Crippen molar-refractivity contribution < 1.29 is 28.6 Å². The van der Waals surface area contributed by atoms with Gasteiger partial charge < -0.3 is 49.6 Å². The minimum absolute atomic E-state index is 0.0571. The second-order valence-corrected chi connectivity index (χ2v) is 17.0. The van der Waals surface area contributed by atoms with Gasteiger partial charge in [0.05, 0.1) is 67.4 Å². The molecule has 2 aromatic carbocycles. The summed E-state index contributed by atoms with van der Waals surface area (Å²) in [6, 6.07) is 11.3. The maximum absolute atomic E-state index is 14.1. The second kappa shape index (κ2) is 20.5. The third-order valence-corrected chi connectivity index (χ3v) is 12.4. The fraction of sp³-hybridized carbons (Fsp3) is 0.522. The Morgan fingerprint density at radius 1 is 0.790 bits per heavy atom. The van der Waals surface area contributed by atoms with Crippen molar-refractivity contribution in [3.8, 4) is 33.6 Å². The number of fused-ring (bicyclic) bond motifs is 1. The summed E-state index contributed by atoms with van der Waals surface area (Å²) in [5, 5.41) is 6.12. The fourth-order valence-electron chi connectivity index (χ4n) is 8.78. The van der Waals surface area contributed by atoms with E-state index in [2.05, 4.69) is 68.7 Å². The van der Waals surface area contributed by atoms with E-state index in [0.29, 0.717) is 64.1 Å². The van der Waals surface area contributed by atoms with Crippen LogP contribution in [0.15, 0.2) is 55.1 Å². The molecule has 2 saturated heterocycles. The summed E-state index contributed by atoms with van der Waals surface area (Å²) in [7, 11) is 3.17. The first-order chi connectivity index (χ1) is 30.1. The van der Waals surface area contributed by atoms with Crippen molar-refractivity contribution in [2.75, 3.05) is 47.1 Å². The number of alkyl carbamates (subject to hydrolysis) is 1. The van der Waals surface area contributed by atoms with Crippen molar-refractivity contribution in [3.63, 3.8) is 0 Å². The summed E-state index contributed by atoms with van der Waals surface area (Å²) in [5.41, 5.74) is 7.23. The molecule has 2 aliphatic rings. The number of nitrogens with one attached hydrogen (secondary N) is 5. The molecule has 7 rings (SSSR count). The molecule has 5 heterocycles. The first kappa shape index (κ1) is 44.5. The lowest BCUT2D eigenvalue weighted by atomic mass is 9.90. The number of aromatic nitrogens is 6. The predicted molar refractivity (Wildman–Crippen MR) is 237 cm³/mol. The van der Waals surface area contributed by atoms with Gasteiger partial charge in [0.2, 0.25) is 11.8 Å². The van der Waals surface area contributed by atoms with Crippen LogP contribution in [0.3, 0.4) is 0 Å². The molecule has 5 N–H and O–H groups in total. The average Bonchev–Trinajstić information content (AvgIpc) is 4.10. The Morgan fingerprint density at radius 3 is 2.02 bits per heavy atom. The van der Waals surface area contributed by atoms with Crippen molar-refractivity contribution in [2.24, 2.45) is 17.8 Å². The number of carbonyl (C=O) groups excluding carboxylic acids is 3. The van der Waals surface area contributed by atoms with Gasteiger partial charge in [0, 0.05) is 50.1 Å². The summed E-state index contributed by atoms with van der Waals surface area (Å²) < 4.78 is 16.0. The van der Waals surface area contributed by atoms with Crippen LogP contribution < -0.4 is 10.6 Å². The number of rotatable bonds is 17. The van der Waals surface area contributed by atoms with E-state index < -0.39 is 12.1 Å². The van der Waals surface area contributed by atoms with Crippen LogP contribution in [0.2, 0.25) is 0 Å². The standard InChI is InChI=1S/C46H62N10O6/c1-7-29(4)56(45(58)41(54-46(59)60-6)33-16-20-62-21-17-33)26-39-48-22-36(52-39)31-10-8-30(9-11-31)34-12-13-35(43-42(34)50-27-51-43)37-23-49-38(53-37)25-55(24-28(2)3)44(57)40(47-5)32-14-18-61-19-15-32/h8-13,22-23,27-29,32-33,40-41,47H,7,14-21,24-26H2,1-6H3,(H,48,52)(H,49,53)(H,50,51)(H,54,59)/t29-,40?,41?/m0/s1. The number of H-pyrrole nitrogens is 3. The van der Waals surface area contributed by atoms with E-state index in [4.69, 9.17) is 24.2 Å². The van der Waals surface area contributed by atoms with Crippen LogP contribution in [0, 0.1) is 17.8 Å². The van der Waals surface area contributed by atoms with Crippen LogP contribution in [0.5, 0.6) is 0 Å². The Labute approximate surface area is 363 Å². The van der Waals surface area contributed by atoms with E-state index in [9.17, 15) is 14.4 Å². The molecular formula is C46H62N10O6. The lowest BCUT2D eigenvalue weighted by molar-refractivity contribution is -0.139. The highest BCUT2D eigenvalue weighted by atomic mass is 16.5. The third kappa shape index (κ3) is 10.2. The second-order valence-electron chi connectivity index (χ2n) is 17.0. The molecule has 332 valence electrons. The van der Waals surface area contributed by atoms with Crippen LogP contribution >= 0.6 is 0 Å². The first-order valence-electron chi connectivity index (χ1n) is 22.0. The topological polar surface area (TPSA) is 195 Å². The monoisotopic (exact) mass is 850 g/mol. The maximum Gasteiger partial charge on any atom is 0.407 e. The fourth-order valence-corrected chi connectivity index (χ4v) is 8.78. The number of ether oxygens (including phenoxy) is 3. The number of imidazole rings is 3. The Bertz CT molecular complexity index is 2250. The normalized spacial score (nSPS) is 16.6. The number of nitrogens with zero attached hydrogens (tertiary/aromatic N) is 5. The number of hydrogen-bond donors (Lipinski definition) is 5. The number of carbonyl (C=O) groups is 3. The van der Waals surface area contributed by atoms with E-state index in [1.807, 2.05) is 44.1 Å². The van der Waals surface area contributed by atoms with Crippen LogP contribution in [-0.4, -0.2) is 123 Å². The quantitative estimate of drug-likeness (QED) is 0.0710. The van der Waals surface area contributed by atoms with E-state index >= 15 is 0 Å². The van der Waals surface area contributed by atoms with Gasteiger partial charge in [-0.25, -0.2) is 19.7 Å². The van der Waals surface area contributed by atoms with Gasteiger partial charge in [-0.05, 0) is 81.0 Å². The van der Waals surface area contributed by atoms with E-state index in [-0.39, 0.29) is 42.3 Å². The Kier molecular flexibility index (Phi) is 14.7. The number of likely N-dealkylation sites (N-methyl/N-ethyl adjacent to an activating group) is 1. The summed E-state index contributed by atoms with van der Waals surface area (Å²) in [4.78, 5) is 68.5. The van der Waals surface area contributed by atoms with Crippen LogP contribution in [0.1, 0.15) is 71.4 Å². The molecule has 2 aliphatic heterocycles. The van der Waals surface area contributed by atoms with Gasteiger partial charge in [-0.2, -0.15) is 0 Å². The van der Waals surface area contributed by atoms with Crippen molar-refractivity contribution in [2.45, 2.75) is 91.0 Å². The van der Waals surface area contributed by atoms with E-state index in [0.717, 1.165) is 69.8 Å². The van der Waals surface area contributed by atoms with Gasteiger partial charge in [0.15, 0.2) is 0 Å². The Balaban J connectivity index is 1.06. The zero-order valence-electron chi connectivity index (χ0n) is 36.8. The predicted octanol–water partition coefficient (Wildman–Crippen LogP) is 6.29. The summed E-state index contributed by atoms with van der Waals surface area (Å²) >= 11 is 0. The summed E-state index contributed by atoms with van der Waals surface area (Å²) in [6.45, 7) is 12.0. The smallest absolute Gasteiger partial charge is 0.407 e.